The molecule has 3 rings (SSSR count). The molecule has 2 nitrogen and oxygen atoms in total. The van der Waals surface area contributed by atoms with Crippen molar-refractivity contribution >= 4 is 5.69 Å². The van der Waals surface area contributed by atoms with Crippen LogP contribution >= 0.6 is 0 Å². The van der Waals surface area contributed by atoms with Gasteiger partial charge in [-0.25, -0.2) is 0 Å². The second kappa shape index (κ2) is 6.00. The number of piperazine rings is 1. The van der Waals surface area contributed by atoms with Gasteiger partial charge in [-0.05, 0) is 37.8 Å². The molecule has 1 spiro atoms. The Morgan fingerprint density at radius 2 is 1.76 bits per heavy atom. The van der Waals surface area contributed by atoms with Crippen molar-refractivity contribution in [2.75, 3.05) is 18.0 Å². The summed E-state index contributed by atoms with van der Waals surface area (Å²) in [7, 11) is 0. The first kappa shape index (κ1) is 14.9. The quantitative estimate of drug-likeness (QED) is 0.879. The van der Waals surface area contributed by atoms with Crippen LogP contribution in [0, 0.1) is 12.8 Å². The van der Waals surface area contributed by atoms with Crippen LogP contribution in [0.5, 0.6) is 0 Å². The van der Waals surface area contributed by atoms with Crippen molar-refractivity contribution in [2.45, 2.75) is 64.5 Å². The SMILES string of the molecule is Cc1ccc(N2CC3(CCCCC3)NCC2C(C)C)cc1. The Kier molecular flexibility index (Phi) is 4.26. The second-order valence-electron chi connectivity index (χ2n) is 7.50. The van der Waals surface area contributed by atoms with Crippen LogP contribution in [-0.4, -0.2) is 24.7 Å². The van der Waals surface area contributed by atoms with E-state index in [9.17, 15) is 0 Å². The first-order valence-corrected chi connectivity index (χ1v) is 8.68. The summed E-state index contributed by atoms with van der Waals surface area (Å²) in [6, 6.07) is 9.74. The van der Waals surface area contributed by atoms with Crippen LogP contribution in [0.15, 0.2) is 24.3 Å². The van der Waals surface area contributed by atoms with Gasteiger partial charge in [0.2, 0.25) is 0 Å². The van der Waals surface area contributed by atoms with E-state index in [0.717, 1.165) is 6.54 Å². The fraction of sp³-hybridized carbons (Fsp3) is 0.684. The van der Waals surface area contributed by atoms with E-state index in [0.29, 0.717) is 17.5 Å². The molecule has 1 atom stereocenters. The van der Waals surface area contributed by atoms with E-state index in [2.05, 4.69) is 55.3 Å². The van der Waals surface area contributed by atoms with E-state index >= 15 is 0 Å². The summed E-state index contributed by atoms with van der Waals surface area (Å²) < 4.78 is 0. The van der Waals surface area contributed by atoms with Crippen molar-refractivity contribution in [1.29, 1.82) is 0 Å². The lowest BCUT2D eigenvalue weighted by Gasteiger charge is -2.52. The molecule has 1 N–H and O–H groups in total. The van der Waals surface area contributed by atoms with Gasteiger partial charge in [-0.15, -0.1) is 0 Å². The molecule has 1 aromatic rings. The highest BCUT2D eigenvalue weighted by Crippen LogP contribution is 2.35. The fourth-order valence-electron chi connectivity index (χ4n) is 4.11. The van der Waals surface area contributed by atoms with Crippen molar-refractivity contribution in [3.8, 4) is 0 Å². The number of rotatable bonds is 2. The van der Waals surface area contributed by atoms with Crippen LogP contribution in [0.2, 0.25) is 0 Å². The largest absolute Gasteiger partial charge is 0.365 e. The molecule has 1 unspecified atom stereocenters. The summed E-state index contributed by atoms with van der Waals surface area (Å²) in [5.74, 6) is 0.680. The first-order chi connectivity index (χ1) is 10.1. The number of anilines is 1. The Labute approximate surface area is 129 Å². The van der Waals surface area contributed by atoms with Crippen LogP contribution in [0.1, 0.15) is 51.5 Å². The monoisotopic (exact) mass is 286 g/mol. The summed E-state index contributed by atoms with van der Waals surface area (Å²) in [4.78, 5) is 2.69. The normalized spacial score (nSPS) is 25.5. The van der Waals surface area contributed by atoms with Crippen molar-refractivity contribution in [3.05, 3.63) is 29.8 Å². The van der Waals surface area contributed by atoms with Gasteiger partial charge in [0.15, 0.2) is 0 Å². The summed E-state index contributed by atoms with van der Waals surface area (Å²) >= 11 is 0. The summed E-state index contributed by atoms with van der Waals surface area (Å²) in [6.45, 7) is 9.19. The molecule has 2 heteroatoms. The zero-order valence-electron chi connectivity index (χ0n) is 13.9. The molecular formula is C19H30N2. The lowest BCUT2D eigenvalue weighted by atomic mass is 9.78. The Balaban J connectivity index is 1.85. The van der Waals surface area contributed by atoms with E-state index in [1.807, 2.05) is 0 Å². The van der Waals surface area contributed by atoms with E-state index in [1.54, 1.807) is 0 Å². The third-order valence-electron chi connectivity index (χ3n) is 5.51. The molecule has 21 heavy (non-hydrogen) atoms. The summed E-state index contributed by atoms with van der Waals surface area (Å²) in [5, 5.41) is 3.94. The van der Waals surface area contributed by atoms with Gasteiger partial charge in [-0.3, -0.25) is 0 Å². The lowest BCUT2D eigenvalue weighted by Crippen LogP contribution is -2.66. The lowest BCUT2D eigenvalue weighted by molar-refractivity contribution is 0.184. The van der Waals surface area contributed by atoms with Gasteiger partial charge in [0.05, 0.1) is 0 Å². The van der Waals surface area contributed by atoms with Gasteiger partial charge in [-0.1, -0.05) is 50.8 Å². The van der Waals surface area contributed by atoms with Crippen molar-refractivity contribution in [1.82, 2.24) is 5.32 Å². The van der Waals surface area contributed by atoms with Crippen LogP contribution in [0.4, 0.5) is 5.69 Å². The molecule has 1 heterocycles. The van der Waals surface area contributed by atoms with Gasteiger partial charge in [-0.2, -0.15) is 0 Å². The van der Waals surface area contributed by atoms with Gasteiger partial charge in [0.1, 0.15) is 0 Å². The average molecular weight is 286 g/mol. The number of hydrogen-bond donors (Lipinski definition) is 1. The Hall–Kier alpha value is -1.02. The molecule has 1 aliphatic heterocycles. The number of nitrogens with one attached hydrogen (secondary N) is 1. The maximum absolute atomic E-state index is 3.94. The minimum Gasteiger partial charge on any atom is -0.365 e. The van der Waals surface area contributed by atoms with Crippen LogP contribution in [0.3, 0.4) is 0 Å². The third-order valence-corrected chi connectivity index (χ3v) is 5.51. The molecule has 1 saturated carbocycles. The first-order valence-electron chi connectivity index (χ1n) is 8.68. The number of hydrogen-bond acceptors (Lipinski definition) is 2. The zero-order chi connectivity index (χ0) is 14.9. The number of nitrogens with zero attached hydrogens (tertiary/aromatic N) is 1. The molecule has 1 aromatic carbocycles. The van der Waals surface area contributed by atoms with Gasteiger partial charge >= 0.3 is 0 Å². The molecule has 0 bridgehead atoms. The summed E-state index contributed by atoms with van der Waals surface area (Å²) in [6.07, 6.45) is 6.89. The maximum Gasteiger partial charge on any atom is 0.0438 e. The Morgan fingerprint density at radius 1 is 1.10 bits per heavy atom. The zero-order valence-corrected chi connectivity index (χ0v) is 13.9. The smallest absolute Gasteiger partial charge is 0.0438 e. The van der Waals surface area contributed by atoms with Gasteiger partial charge in [0.25, 0.3) is 0 Å². The minimum absolute atomic E-state index is 0.370. The highest BCUT2D eigenvalue weighted by atomic mass is 15.3. The molecule has 1 aliphatic carbocycles. The predicted molar refractivity (Wildman–Crippen MR) is 91.0 cm³/mol. The van der Waals surface area contributed by atoms with Crippen molar-refractivity contribution < 1.29 is 0 Å². The predicted octanol–water partition coefficient (Wildman–Crippen LogP) is 4.13. The van der Waals surface area contributed by atoms with E-state index in [1.165, 1.54) is 49.9 Å². The van der Waals surface area contributed by atoms with E-state index in [-0.39, 0.29) is 0 Å². The molecule has 0 aromatic heterocycles. The molecule has 1 saturated heterocycles. The highest BCUT2D eigenvalue weighted by Gasteiger charge is 2.40. The maximum atomic E-state index is 3.94. The van der Waals surface area contributed by atoms with Crippen LogP contribution < -0.4 is 10.2 Å². The molecule has 0 amide bonds. The molecular weight excluding hydrogens is 256 g/mol. The van der Waals surface area contributed by atoms with Crippen molar-refractivity contribution in [2.24, 2.45) is 5.92 Å². The van der Waals surface area contributed by atoms with Crippen molar-refractivity contribution in [3.63, 3.8) is 0 Å². The van der Waals surface area contributed by atoms with E-state index in [4.69, 9.17) is 0 Å². The van der Waals surface area contributed by atoms with Crippen LogP contribution in [-0.2, 0) is 0 Å². The average Bonchev–Trinajstić information content (AvgIpc) is 2.48. The molecule has 2 aliphatic rings. The fourth-order valence-corrected chi connectivity index (χ4v) is 4.11. The molecule has 116 valence electrons. The Morgan fingerprint density at radius 3 is 2.38 bits per heavy atom. The number of benzene rings is 1. The molecule has 0 radical (unpaired) electrons. The Bertz CT molecular complexity index is 457. The minimum atomic E-state index is 0.370. The standard InChI is InChI=1S/C19H30N2/c1-15(2)18-13-20-19(11-5-4-6-12-19)14-21(18)17-9-7-16(3)8-10-17/h7-10,15,18,20H,4-6,11-14H2,1-3H3. The third kappa shape index (κ3) is 3.11. The topological polar surface area (TPSA) is 15.3 Å². The van der Waals surface area contributed by atoms with E-state index < -0.39 is 0 Å². The van der Waals surface area contributed by atoms with Gasteiger partial charge < -0.3 is 10.2 Å². The summed E-state index contributed by atoms with van der Waals surface area (Å²) in [5.41, 5.74) is 3.13. The highest BCUT2D eigenvalue weighted by molar-refractivity contribution is 5.50. The van der Waals surface area contributed by atoms with Gasteiger partial charge in [0, 0.05) is 30.4 Å². The molecule has 2 fully saturated rings. The second-order valence-corrected chi connectivity index (χ2v) is 7.50. The number of aryl methyl sites for hydroxylation is 1. The van der Waals surface area contributed by atoms with Crippen LogP contribution in [0.25, 0.3) is 0 Å².